The molecular weight excluding hydrogens is 139 g/mol. The molecule has 0 radical (unpaired) electrons. The van der Waals surface area contributed by atoms with E-state index in [1.54, 1.807) is 31.3 Å². The van der Waals surface area contributed by atoms with Crippen LogP contribution in [0, 0.1) is 0 Å². The standard InChI is InChI=1S/C9H21P/c1-3-4-7-10(2)8-5-6-9-10/h10H,3-9H2,1-2H3. The van der Waals surface area contributed by atoms with Gasteiger partial charge in [0, 0.05) is 0 Å². The average molecular weight is 160 g/mol. The molecule has 0 aromatic rings. The summed E-state index contributed by atoms with van der Waals surface area (Å²) < 4.78 is 0. The molecule has 1 fully saturated rings. The predicted molar refractivity (Wildman–Crippen MR) is 53.0 cm³/mol. The number of hydrogen-bond donors (Lipinski definition) is 0. The van der Waals surface area contributed by atoms with Crippen molar-refractivity contribution in [2.75, 3.05) is 25.2 Å². The van der Waals surface area contributed by atoms with E-state index >= 15 is 0 Å². The van der Waals surface area contributed by atoms with Gasteiger partial charge in [0.25, 0.3) is 0 Å². The Hall–Kier alpha value is 0.430. The molecule has 1 aliphatic heterocycles. The molecule has 1 saturated heterocycles. The molecule has 0 atom stereocenters. The Morgan fingerprint density at radius 1 is 1.20 bits per heavy atom. The fourth-order valence-corrected chi connectivity index (χ4v) is 6.25. The van der Waals surface area contributed by atoms with Gasteiger partial charge in [-0.15, -0.1) is 0 Å². The molecule has 0 amide bonds. The Morgan fingerprint density at radius 2 is 1.80 bits per heavy atom. The molecule has 1 rings (SSSR count). The molecule has 1 heteroatoms. The second-order valence-corrected chi connectivity index (χ2v) is 9.24. The molecule has 0 N–H and O–H groups in total. The summed E-state index contributed by atoms with van der Waals surface area (Å²) in [6.45, 7) is 4.92. The third-order valence-corrected chi connectivity index (χ3v) is 7.63. The van der Waals surface area contributed by atoms with Crippen molar-refractivity contribution in [3.05, 3.63) is 0 Å². The van der Waals surface area contributed by atoms with Crippen LogP contribution in [0.25, 0.3) is 0 Å². The second kappa shape index (κ2) is 3.72. The van der Waals surface area contributed by atoms with Gasteiger partial charge in [-0.05, 0) is 0 Å². The van der Waals surface area contributed by atoms with Crippen molar-refractivity contribution in [3.63, 3.8) is 0 Å². The quantitative estimate of drug-likeness (QED) is 0.557. The van der Waals surface area contributed by atoms with E-state index in [2.05, 4.69) is 13.6 Å². The van der Waals surface area contributed by atoms with Gasteiger partial charge in [-0.2, -0.15) is 0 Å². The molecule has 62 valence electrons. The zero-order valence-electron chi connectivity index (χ0n) is 7.45. The van der Waals surface area contributed by atoms with E-state index in [-0.39, 0.29) is 0 Å². The Labute approximate surface area is 65.7 Å². The van der Waals surface area contributed by atoms with Gasteiger partial charge in [0.05, 0.1) is 0 Å². The maximum atomic E-state index is 2.61. The molecule has 1 heterocycles. The Morgan fingerprint density at radius 3 is 2.30 bits per heavy atom. The molecule has 0 aromatic heterocycles. The van der Waals surface area contributed by atoms with E-state index in [1.165, 1.54) is 12.8 Å². The minimum absolute atomic E-state index is 0.607. The van der Waals surface area contributed by atoms with Crippen LogP contribution in [0.2, 0.25) is 0 Å². The fraction of sp³-hybridized carbons (Fsp3) is 1.00. The SMILES string of the molecule is CCCC[PH]1(C)CCCC1. The topological polar surface area (TPSA) is 0 Å². The number of unbranched alkanes of at least 4 members (excludes halogenated alkanes) is 1. The predicted octanol–water partition coefficient (Wildman–Crippen LogP) is 2.96. The van der Waals surface area contributed by atoms with Gasteiger partial charge < -0.3 is 0 Å². The Kier molecular flexibility index (Phi) is 3.17. The van der Waals surface area contributed by atoms with Crippen LogP contribution in [0.4, 0.5) is 0 Å². The van der Waals surface area contributed by atoms with Crippen molar-refractivity contribution in [1.82, 2.24) is 0 Å². The van der Waals surface area contributed by atoms with Gasteiger partial charge in [-0.1, -0.05) is 0 Å². The molecule has 0 saturated carbocycles. The number of hydrogen-bond acceptors (Lipinski definition) is 0. The summed E-state index contributed by atoms with van der Waals surface area (Å²) in [7, 11) is -0.607. The zero-order chi connectivity index (χ0) is 7.45. The Balaban J connectivity index is 2.22. The van der Waals surface area contributed by atoms with Crippen LogP contribution >= 0.6 is 7.26 Å². The van der Waals surface area contributed by atoms with E-state index in [0.29, 0.717) is 0 Å². The van der Waals surface area contributed by atoms with Gasteiger partial charge in [-0.3, -0.25) is 0 Å². The summed E-state index contributed by atoms with van der Waals surface area (Å²) in [4.78, 5) is 0. The van der Waals surface area contributed by atoms with Gasteiger partial charge in [0.2, 0.25) is 0 Å². The summed E-state index contributed by atoms with van der Waals surface area (Å²) in [5.41, 5.74) is 0. The third kappa shape index (κ3) is 2.23. The van der Waals surface area contributed by atoms with Crippen molar-refractivity contribution >= 4 is 7.26 Å². The van der Waals surface area contributed by atoms with Gasteiger partial charge in [-0.25, -0.2) is 0 Å². The second-order valence-electron chi connectivity index (χ2n) is 4.12. The van der Waals surface area contributed by atoms with Gasteiger partial charge in [0.1, 0.15) is 0 Å². The Bertz CT molecular complexity index is 92.9. The van der Waals surface area contributed by atoms with Crippen molar-refractivity contribution < 1.29 is 0 Å². The summed E-state index contributed by atoms with van der Waals surface area (Å²) >= 11 is 0. The van der Waals surface area contributed by atoms with E-state index in [4.69, 9.17) is 0 Å². The van der Waals surface area contributed by atoms with Crippen molar-refractivity contribution in [1.29, 1.82) is 0 Å². The van der Waals surface area contributed by atoms with E-state index in [1.807, 2.05) is 0 Å². The molecule has 0 spiro atoms. The normalized spacial score (nSPS) is 26.6. The summed E-state index contributed by atoms with van der Waals surface area (Å²) in [6.07, 6.45) is 10.9. The van der Waals surface area contributed by atoms with Crippen LogP contribution in [0.5, 0.6) is 0 Å². The monoisotopic (exact) mass is 160 g/mol. The van der Waals surface area contributed by atoms with Crippen molar-refractivity contribution in [2.24, 2.45) is 0 Å². The van der Waals surface area contributed by atoms with Gasteiger partial charge >= 0.3 is 65.0 Å². The zero-order valence-corrected chi connectivity index (χ0v) is 8.45. The van der Waals surface area contributed by atoms with Gasteiger partial charge in [0.15, 0.2) is 0 Å². The molecule has 0 unspecified atom stereocenters. The molecule has 0 aromatic carbocycles. The minimum atomic E-state index is -0.607. The molecular formula is C9H21P. The fourth-order valence-electron chi connectivity index (χ4n) is 2.08. The van der Waals surface area contributed by atoms with Crippen LogP contribution in [0.1, 0.15) is 32.6 Å². The molecule has 10 heavy (non-hydrogen) atoms. The molecule has 0 aliphatic carbocycles. The number of rotatable bonds is 3. The van der Waals surface area contributed by atoms with Crippen LogP contribution in [-0.2, 0) is 0 Å². The van der Waals surface area contributed by atoms with Crippen molar-refractivity contribution in [2.45, 2.75) is 32.6 Å². The van der Waals surface area contributed by atoms with Crippen LogP contribution in [-0.4, -0.2) is 25.2 Å². The third-order valence-electron chi connectivity index (χ3n) is 2.94. The van der Waals surface area contributed by atoms with Crippen LogP contribution in [0.15, 0.2) is 0 Å². The maximum absolute atomic E-state index is 2.61. The first-order valence-electron chi connectivity index (χ1n) is 4.77. The summed E-state index contributed by atoms with van der Waals surface area (Å²) in [5, 5.41) is 0. The van der Waals surface area contributed by atoms with Crippen LogP contribution < -0.4 is 0 Å². The molecule has 0 bridgehead atoms. The summed E-state index contributed by atoms with van der Waals surface area (Å²) in [6, 6.07) is 0. The summed E-state index contributed by atoms with van der Waals surface area (Å²) in [5.74, 6) is 0. The van der Waals surface area contributed by atoms with E-state index < -0.39 is 7.26 Å². The van der Waals surface area contributed by atoms with Crippen molar-refractivity contribution in [3.8, 4) is 0 Å². The average Bonchev–Trinajstić information content (AvgIpc) is 2.33. The molecule has 0 nitrogen and oxygen atoms in total. The first-order chi connectivity index (χ1) is 4.77. The molecule has 1 aliphatic rings. The first kappa shape index (κ1) is 8.53. The van der Waals surface area contributed by atoms with E-state index in [9.17, 15) is 0 Å². The van der Waals surface area contributed by atoms with E-state index in [0.717, 1.165) is 0 Å². The van der Waals surface area contributed by atoms with Crippen LogP contribution in [0.3, 0.4) is 0 Å². The first-order valence-corrected chi connectivity index (χ1v) is 7.89.